The Morgan fingerprint density at radius 1 is 0.939 bits per heavy atom. The Bertz CT molecular complexity index is 877. The lowest BCUT2D eigenvalue weighted by Gasteiger charge is -2.33. The van der Waals surface area contributed by atoms with Gasteiger partial charge in [-0.1, -0.05) is 6.07 Å². The second-order valence-corrected chi connectivity index (χ2v) is 7.63. The summed E-state index contributed by atoms with van der Waals surface area (Å²) in [4.78, 5) is 13.6. The first kappa shape index (κ1) is 26.8. The SMILES string of the molecule is CN=C(NCc1ccc(N2CCN(C)CC2)nc1)NCc1cc(OC)c(OC)c(OC)c1.I. The van der Waals surface area contributed by atoms with E-state index in [0.717, 1.165) is 43.1 Å². The van der Waals surface area contributed by atoms with Crippen LogP contribution in [-0.2, 0) is 13.1 Å². The maximum atomic E-state index is 5.43. The van der Waals surface area contributed by atoms with E-state index >= 15 is 0 Å². The molecular formula is C23H35IN6O3. The number of nitrogens with one attached hydrogen (secondary N) is 2. The maximum absolute atomic E-state index is 5.43. The van der Waals surface area contributed by atoms with Crippen molar-refractivity contribution in [1.82, 2.24) is 20.5 Å². The predicted molar refractivity (Wildman–Crippen MR) is 142 cm³/mol. The van der Waals surface area contributed by atoms with Crippen LogP contribution in [-0.4, -0.2) is 77.4 Å². The van der Waals surface area contributed by atoms with E-state index in [4.69, 9.17) is 14.2 Å². The number of aliphatic imine (C=N–C) groups is 1. The zero-order chi connectivity index (χ0) is 22.9. The monoisotopic (exact) mass is 570 g/mol. The van der Waals surface area contributed by atoms with E-state index in [9.17, 15) is 0 Å². The van der Waals surface area contributed by atoms with Gasteiger partial charge in [0, 0.05) is 52.5 Å². The lowest BCUT2D eigenvalue weighted by molar-refractivity contribution is 0.312. The average molecular weight is 570 g/mol. The number of likely N-dealkylation sites (N-methyl/N-ethyl adjacent to an activating group) is 1. The van der Waals surface area contributed by atoms with Crippen LogP contribution in [0.1, 0.15) is 11.1 Å². The topological polar surface area (TPSA) is 83.5 Å². The van der Waals surface area contributed by atoms with Crippen LogP contribution in [0.5, 0.6) is 17.2 Å². The number of anilines is 1. The number of nitrogens with zero attached hydrogens (tertiary/aromatic N) is 4. The van der Waals surface area contributed by atoms with E-state index in [1.165, 1.54) is 0 Å². The fourth-order valence-corrected chi connectivity index (χ4v) is 3.57. The van der Waals surface area contributed by atoms with Crippen molar-refractivity contribution in [3.05, 3.63) is 41.6 Å². The molecule has 1 aromatic carbocycles. The van der Waals surface area contributed by atoms with Crippen LogP contribution < -0.4 is 29.7 Å². The van der Waals surface area contributed by atoms with E-state index in [1.807, 2.05) is 18.3 Å². The van der Waals surface area contributed by atoms with Crippen molar-refractivity contribution in [3.8, 4) is 17.2 Å². The Morgan fingerprint density at radius 2 is 1.55 bits per heavy atom. The van der Waals surface area contributed by atoms with Crippen molar-refractivity contribution in [2.75, 3.05) is 66.5 Å². The van der Waals surface area contributed by atoms with Crippen LogP contribution in [0, 0.1) is 0 Å². The number of hydrogen-bond acceptors (Lipinski definition) is 7. The van der Waals surface area contributed by atoms with Crippen LogP contribution in [0.15, 0.2) is 35.5 Å². The minimum atomic E-state index is 0. The van der Waals surface area contributed by atoms with Crippen LogP contribution >= 0.6 is 24.0 Å². The number of hydrogen-bond donors (Lipinski definition) is 2. The van der Waals surface area contributed by atoms with Gasteiger partial charge < -0.3 is 34.6 Å². The Hall–Kier alpha value is -2.47. The van der Waals surface area contributed by atoms with Crippen molar-refractivity contribution in [1.29, 1.82) is 0 Å². The van der Waals surface area contributed by atoms with Gasteiger partial charge in [0.2, 0.25) is 5.75 Å². The third-order valence-electron chi connectivity index (χ3n) is 5.50. The summed E-state index contributed by atoms with van der Waals surface area (Å²) < 4.78 is 16.2. The number of methoxy groups -OCH3 is 3. The van der Waals surface area contributed by atoms with E-state index in [2.05, 4.69) is 49.6 Å². The van der Waals surface area contributed by atoms with Crippen molar-refractivity contribution in [2.24, 2.45) is 4.99 Å². The smallest absolute Gasteiger partial charge is 0.203 e. The molecule has 0 radical (unpaired) electrons. The quantitative estimate of drug-likeness (QED) is 0.285. The summed E-state index contributed by atoms with van der Waals surface area (Å²) in [6.45, 7) is 5.34. The van der Waals surface area contributed by atoms with Crippen LogP contribution in [0.25, 0.3) is 0 Å². The highest BCUT2D eigenvalue weighted by molar-refractivity contribution is 14.0. The molecule has 0 saturated carbocycles. The number of pyridine rings is 1. The minimum Gasteiger partial charge on any atom is -0.493 e. The highest BCUT2D eigenvalue weighted by Gasteiger charge is 2.15. The van der Waals surface area contributed by atoms with Gasteiger partial charge in [0.25, 0.3) is 0 Å². The normalized spacial score (nSPS) is 14.3. The molecule has 0 bridgehead atoms. The molecule has 2 aromatic rings. The summed E-state index contributed by atoms with van der Waals surface area (Å²) in [7, 11) is 8.72. The summed E-state index contributed by atoms with van der Waals surface area (Å²) in [5.41, 5.74) is 2.08. The molecule has 0 atom stereocenters. The summed E-state index contributed by atoms with van der Waals surface area (Å²) >= 11 is 0. The van der Waals surface area contributed by atoms with Crippen LogP contribution in [0.2, 0.25) is 0 Å². The molecule has 2 N–H and O–H groups in total. The molecule has 10 heteroatoms. The number of halogens is 1. The van der Waals surface area contributed by atoms with Crippen molar-refractivity contribution in [3.63, 3.8) is 0 Å². The van der Waals surface area contributed by atoms with Gasteiger partial charge >= 0.3 is 0 Å². The molecular weight excluding hydrogens is 535 g/mol. The maximum Gasteiger partial charge on any atom is 0.203 e. The number of piperazine rings is 1. The number of ether oxygens (including phenoxy) is 3. The second kappa shape index (κ2) is 13.3. The third-order valence-corrected chi connectivity index (χ3v) is 5.50. The second-order valence-electron chi connectivity index (χ2n) is 7.63. The molecule has 2 heterocycles. The summed E-state index contributed by atoms with van der Waals surface area (Å²) in [5.74, 6) is 3.55. The van der Waals surface area contributed by atoms with Gasteiger partial charge in [0.1, 0.15) is 5.82 Å². The number of rotatable bonds is 8. The first-order valence-electron chi connectivity index (χ1n) is 10.7. The lowest BCUT2D eigenvalue weighted by atomic mass is 10.2. The van der Waals surface area contributed by atoms with Crippen molar-refractivity contribution < 1.29 is 14.2 Å². The molecule has 33 heavy (non-hydrogen) atoms. The molecule has 1 aliphatic rings. The molecule has 1 aromatic heterocycles. The van der Waals surface area contributed by atoms with Crippen molar-refractivity contribution >= 4 is 35.8 Å². The van der Waals surface area contributed by atoms with Gasteiger partial charge in [0.15, 0.2) is 17.5 Å². The summed E-state index contributed by atoms with van der Waals surface area (Å²) in [6, 6.07) is 8.04. The van der Waals surface area contributed by atoms with Gasteiger partial charge in [-0.25, -0.2) is 4.98 Å². The molecule has 0 unspecified atom stereocenters. The van der Waals surface area contributed by atoms with E-state index < -0.39 is 0 Å². The predicted octanol–water partition coefficient (Wildman–Crippen LogP) is 2.34. The fourth-order valence-electron chi connectivity index (χ4n) is 3.57. The van der Waals surface area contributed by atoms with Gasteiger partial charge in [-0.3, -0.25) is 4.99 Å². The van der Waals surface area contributed by atoms with E-state index in [1.54, 1.807) is 28.4 Å². The Morgan fingerprint density at radius 3 is 2.03 bits per heavy atom. The highest BCUT2D eigenvalue weighted by Crippen LogP contribution is 2.38. The number of aromatic nitrogens is 1. The molecule has 1 fully saturated rings. The molecule has 0 amide bonds. The third kappa shape index (κ3) is 7.26. The Labute approximate surface area is 213 Å². The van der Waals surface area contributed by atoms with Crippen LogP contribution in [0.4, 0.5) is 5.82 Å². The van der Waals surface area contributed by atoms with Crippen LogP contribution in [0.3, 0.4) is 0 Å². The standard InChI is InChI=1S/C23H34N6O3.HI/c1-24-23(27-16-18-12-19(30-3)22(32-5)20(13-18)31-4)26-15-17-6-7-21(25-14-17)29-10-8-28(2)9-11-29;/h6-7,12-14H,8-11,15-16H2,1-5H3,(H2,24,26,27);1H. The van der Waals surface area contributed by atoms with Gasteiger partial charge in [-0.15, -0.1) is 24.0 Å². The first-order valence-corrected chi connectivity index (χ1v) is 10.7. The molecule has 9 nitrogen and oxygen atoms in total. The first-order chi connectivity index (χ1) is 15.6. The average Bonchev–Trinajstić information content (AvgIpc) is 2.84. The molecule has 1 aliphatic heterocycles. The minimum absolute atomic E-state index is 0. The van der Waals surface area contributed by atoms with Gasteiger partial charge in [-0.2, -0.15) is 0 Å². The fraction of sp³-hybridized carbons (Fsp3) is 0.478. The van der Waals surface area contributed by atoms with Gasteiger partial charge in [-0.05, 0) is 36.4 Å². The zero-order valence-corrected chi connectivity index (χ0v) is 22.4. The van der Waals surface area contributed by atoms with Crippen molar-refractivity contribution in [2.45, 2.75) is 13.1 Å². The highest BCUT2D eigenvalue weighted by atomic mass is 127. The van der Waals surface area contributed by atoms with E-state index in [0.29, 0.717) is 36.3 Å². The largest absolute Gasteiger partial charge is 0.493 e. The number of guanidine groups is 1. The van der Waals surface area contributed by atoms with E-state index in [-0.39, 0.29) is 24.0 Å². The summed E-state index contributed by atoms with van der Waals surface area (Å²) in [6.07, 6.45) is 1.92. The number of benzene rings is 1. The Balaban J connectivity index is 0.00000385. The van der Waals surface area contributed by atoms with Gasteiger partial charge in [0.05, 0.1) is 21.3 Å². The lowest BCUT2D eigenvalue weighted by Crippen LogP contribution is -2.44. The molecule has 0 aliphatic carbocycles. The molecule has 182 valence electrons. The zero-order valence-electron chi connectivity index (χ0n) is 20.1. The molecule has 0 spiro atoms. The Kier molecular flexibility index (Phi) is 10.8. The molecule has 1 saturated heterocycles. The summed E-state index contributed by atoms with van der Waals surface area (Å²) in [5, 5.41) is 6.65. The molecule has 3 rings (SSSR count).